The van der Waals surface area contributed by atoms with Gasteiger partial charge in [-0.3, -0.25) is 4.99 Å². The van der Waals surface area contributed by atoms with Crippen LogP contribution in [-0.2, 0) is 10.8 Å². The minimum absolute atomic E-state index is 0.119. The fraction of sp³-hybridized carbons (Fsp3) is 0.0811. The Morgan fingerprint density at radius 2 is 0.753 bits per heavy atom. The molecule has 2 aliphatic carbocycles. The summed E-state index contributed by atoms with van der Waals surface area (Å²) in [5.41, 5.74) is 23.7. The molecule has 2 aliphatic heterocycles. The fourth-order valence-electron chi connectivity index (χ4n) is 13.6. The second kappa shape index (κ2) is 18.2. The number of aliphatic imine (C=N–C) groups is 2. The van der Waals surface area contributed by atoms with Gasteiger partial charge in [0.25, 0.3) is 0 Å². The smallest absolute Gasteiger partial charge is 0.155 e. The van der Waals surface area contributed by atoms with Gasteiger partial charge in [-0.05, 0) is 143 Å². The SMILES string of the molecule is CC1CC(c2cccc(-c3ccccc3)c2)=NC(c2cccc(-c3ccccc3)c2)=NC1c1ccc(-c2ccc3c(c2)C2(c4ccccc4-3)c3ccccc3C3(c4ccccc4Sc4ccccc43)c3ccccc32)cc1. The Morgan fingerprint density at radius 1 is 0.338 bits per heavy atom. The molecule has 0 bridgehead atoms. The molecule has 0 saturated carbocycles. The van der Waals surface area contributed by atoms with Gasteiger partial charge in [0.05, 0.1) is 22.6 Å². The molecule has 2 spiro atoms. The molecule has 0 fully saturated rings. The van der Waals surface area contributed by atoms with Crippen LogP contribution in [0.2, 0.25) is 0 Å². The number of fused-ring (bicyclic) bond motifs is 15. The van der Waals surface area contributed by atoms with E-state index in [0.717, 1.165) is 34.7 Å². The van der Waals surface area contributed by atoms with Crippen molar-refractivity contribution in [3.8, 4) is 44.5 Å². The van der Waals surface area contributed by atoms with Gasteiger partial charge in [-0.2, -0.15) is 0 Å². The third kappa shape index (κ3) is 7.03. The molecule has 0 aromatic heterocycles. The maximum atomic E-state index is 5.65. The van der Waals surface area contributed by atoms with E-state index in [1.54, 1.807) is 0 Å². The number of hydrogen-bond donors (Lipinski definition) is 0. The van der Waals surface area contributed by atoms with E-state index in [1.165, 1.54) is 98.8 Å². The van der Waals surface area contributed by atoms with Gasteiger partial charge in [0, 0.05) is 15.4 Å². The van der Waals surface area contributed by atoms with Crippen LogP contribution in [0.5, 0.6) is 0 Å². The summed E-state index contributed by atoms with van der Waals surface area (Å²) in [6.45, 7) is 2.34. The molecule has 0 radical (unpaired) electrons. The molecule has 0 N–H and O–H groups in total. The first kappa shape index (κ1) is 45.5. The number of amidine groups is 1. The summed E-state index contributed by atoms with van der Waals surface area (Å²) < 4.78 is 0. The van der Waals surface area contributed by atoms with Crippen LogP contribution >= 0.6 is 11.8 Å². The van der Waals surface area contributed by atoms with Crippen LogP contribution in [0.4, 0.5) is 0 Å². The highest BCUT2D eigenvalue weighted by Gasteiger charge is 2.58. The summed E-state index contributed by atoms with van der Waals surface area (Å²) in [6.07, 6.45) is 0.781. The third-order valence-corrected chi connectivity index (χ3v) is 18.1. The zero-order chi connectivity index (χ0) is 51.1. The van der Waals surface area contributed by atoms with E-state index in [9.17, 15) is 0 Å². The molecular formula is C74H52N2S. The van der Waals surface area contributed by atoms with E-state index in [2.05, 4.69) is 280 Å². The summed E-state index contributed by atoms with van der Waals surface area (Å²) in [5, 5.41) is 0. The molecule has 0 saturated heterocycles. The van der Waals surface area contributed by atoms with E-state index in [4.69, 9.17) is 9.98 Å². The Bertz CT molecular complexity index is 4090. The topological polar surface area (TPSA) is 24.7 Å². The summed E-state index contributed by atoms with van der Waals surface area (Å²) in [7, 11) is 0. The van der Waals surface area contributed by atoms with Gasteiger partial charge in [-0.1, -0.05) is 261 Å². The van der Waals surface area contributed by atoms with Gasteiger partial charge in [0.15, 0.2) is 5.84 Å². The van der Waals surface area contributed by atoms with Crippen LogP contribution in [0.3, 0.4) is 0 Å². The molecular weight excluding hydrogens is 949 g/mol. The zero-order valence-corrected chi connectivity index (χ0v) is 43.5. The monoisotopic (exact) mass is 1000 g/mol. The Kier molecular flexibility index (Phi) is 10.7. The van der Waals surface area contributed by atoms with Crippen molar-refractivity contribution in [2.24, 2.45) is 15.9 Å². The average Bonchev–Trinajstić information content (AvgIpc) is 3.79. The Labute approximate surface area is 455 Å². The standard InChI is InChI=1S/C74H52N2S/c1-48-44-68(56-26-18-24-53(45-56)49-20-4-2-5-21-49)75-72(57-27-19-25-54(46-57)50-22-6-3-7-23-50)76-71(48)52-40-38-51(39-41-52)55-42-43-59-58-28-8-9-29-60(58)73(67(59)47-55)61-30-10-12-32-63(61)74(64-33-13-11-31-62(64)73)65-34-14-16-36-69(65)77-70-37-17-15-35-66(70)74/h2-43,45-48,71H,44H2,1H3. The molecule has 2 unspecified atom stereocenters. The van der Waals surface area contributed by atoms with Gasteiger partial charge in [0.2, 0.25) is 0 Å². The predicted octanol–water partition coefficient (Wildman–Crippen LogP) is 18.2. The molecule has 364 valence electrons. The zero-order valence-electron chi connectivity index (χ0n) is 42.6. The lowest BCUT2D eigenvalue weighted by Gasteiger charge is -2.51. The molecule has 2 atom stereocenters. The van der Waals surface area contributed by atoms with E-state index < -0.39 is 10.8 Å². The number of rotatable bonds is 6. The van der Waals surface area contributed by atoms with Crippen molar-refractivity contribution >= 4 is 23.3 Å². The minimum Gasteiger partial charge on any atom is -0.258 e. The minimum atomic E-state index is -0.564. The van der Waals surface area contributed by atoms with Crippen LogP contribution < -0.4 is 0 Å². The summed E-state index contributed by atoms with van der Waals surface area (Å²) >= 11 is 1.90. The molecule has 4 aliphatic rings. The molecule has 0 amide bonds. The van der Waals surface area contributed by atoms with Crippen LogP contribution in [0, 0.1) is 5.92 Å². The molecule has 2 nitrogen and oxygen atoms in total. The second-order valence-corrected chi connectivity index (χ2v) is 22.2. The highest BCUT2D eigenvalue weighted by Crippen LogP contribution is 2.67. The maximum absolute atomic E-state index is 5.65. The van der Waals surface area contributed by atoms with E-state index in [0.29, 0.717) is 0 Å². The lowest BCUT2D eigenvalue weighted by Crippen LogP contribution is -2.45. The lowest BCUT2D eigenvalue weighted by atomic mass is 9.51. The van der Waals surface area contributed by atoms with Crippen LogP contribution in [0.1, 0.15) is 80.6 Å². The summed E-state index contributed by atoms with van der Waals surface area (Å²) in [4.78, 5) is 13.8. The Hall–Kier alpha value is -8.89. The number of hydrogen-bond acceptors (Lipinski definition) is 3. The first-order valence-electron chi connectivity index (χ1n) is 27.0. The van der Waals surface area contributed by atoms with Crippen molar-refractivity contribution < 1.29 is 0 Å². The van der Waals surface area contributed by atoms with Crippen LogP contribution in [-0.4, -0.2) is 11.5 Å². The fourth-order valence-corrected chi connectivity index (χ4v) is 14.8. The molecule has 11 aromatic carbocycles. The van der Waals surface area contributed by atoms with Crippen molar-refractivity contribution in [2.45, 2.75) is 40.0 Å². The normalized spacial score (nSPS) is 16.9. The van der Waals surface area contributed by atoms with E-state index in [-0.39, 0.29) is 12.0 Å². The molecule has 15 rings (SSSR count). The highest BCUT2D eigenvalue weighted by atomic mass is 32.2. The Morgan fingerprint density at radius 3 is 1.35 bits per heavy atom. The van der Waals surface area contributed by atoms with Gasteiger partial charge in [0.1, 0.15) is 0 Å². The van der Waals surface area contributed by atoms with E-state index >= 15 is 0 Å². The van der Waals surface area contributed by atoms with Crippen LogP contribution in [0.25, 0.3) is 44.5 Å². The van der Waals surface area contributed by atoms with E-state index in [1.807, 2.05) is 11.8 Å². The van der Waals surface area contributed by atoms with Gasteiger partial charge in [-0.25, -0.2) is 4.99 Å². The van der Waals surface area contributed by atoms with Crippen molar-refractivity contribution in [2.75, 3.05) is 0 Å². The highest BCUT2D eigenvalue weighted by molar-refractivity contribution is 7.99. The molecule has 2 heterocycles. The maximum Gasteiger partial charge on any atom is 0.155 e. The van der Waals surface area contributed by atoms with Crippen LogP contribution in [0.15, 0.2) is 293 Å². The predicted molar refractivity (Wildman–Crippen MR) is 319 cm³/mol. The first-order valence-corrected chi connectivity index (χ1v) is 27.8. The summed E-state index contributed by atoms with van der Waals surface area (Å²) in [5.74, 6) is 0.933. The first-order chi connectivity index (χ1) is 38.1. The summed E-state index contributed by atoms with van der Waals surface area (Å²) in [6, 6.07) is 101. The Balaban J connectivity index is 0.854. The van der Waals surface area contributed by atoms with Crippen molar-refractivity contribution in [3.05, 3.63) is 334 Å². The van der Waals surface area contributed by atoms with Gasteiger partial charge in [-0.15, -0.1) is 0 Å². The molecule has 77 heavy (non-hydrogen) atoms. The number of benzene rings is 11. The second-order valence-electron chi connectivity index (χ2n) is 21.1. The quantitative estimate of drug-likeness (QED) is 0.163. The number of nitrogens with zero attached hydrogens (tertiary/aromatic N) is 2. The van der Waals surface area contributed by atoms with Gasteiger partial charge >= 0.3 is 0 Å². The lowest BCUT2D eigenvalue weighted by molar-refractivity contribution is 0.493. The van der Waals surface area contributed by atoms with Crippen molar-refractivity contribution in [3.63, 3.8) is 0 Å². The van der Waals surface area contributed by atoms with Crippen molar-refractivity contribution in [1.82, 2.24) is 0 Å². The van der Waals surface area contributed by atoms with Crippen molar-refractivity contribution in [1.29, 1.82) is 0 Å². The van der Waals surface area contributed by atoms with Gasteiger partial charge < -0.3 is 0 Å². The molecule has 11 aromatic rings. The third-order valence-electron chi connectivity index (χ3n) is 17.0. The molecule has 3 heteroatoms. The average molecular weight is 1000 g/mol. The largest absolute Gasteiger partial charge is 0.258 e.